The highest BCUT2D eigenvalue weighted by molar-refractivity contribution is 6.31. The third kappa shape index (κ3) is 2.12. The minimum Gasteiger partial charge on any atom is -0.496 e. The Morgan fingerprint density at radius 3 is 2.77 bits per heavy atom. The van der Waals surface area contributed by atoms with Crippen molar-refractivity contribution in [2.75, 3.05) is 13.7 Å². The van der Waals surface area contributed by atoms with Gasteiger partial charge in [-0.2, -0.15) is 0 Å². The van der Waals surface area contributed by atoms with Crippen molar-refractivity contribution < 1.29 is 4.74 Å². The zero-order valence-corrected chi connectivity index (χ0v) is 8.21. The average Bonchev–Trinajstić information content (AvgIpc) is 2.16. The number of hydrogen-bond acceptors (Lipinski definition) is 3. The van der Waals surface area contributed by atoms with Gasteiger partial charge in [-0.05, 0) is 12.1 Å². The summed E-state index contributed by atoms with van der Waals surface area (Å²) in [4.78, 5) is 0. The predicted octanol–water partition coefficient (Wildman–Crippen LogP) is 1.31. The molecule has 0 fully saturated rings. The largest absolute Gasteiger partial charge is 0.496 e. The molecular formula is C9H13ClN2O. The molecule has 1 rings (SSSR count). The van der Waals surface area contributed by atoms with Crippen molar-refractivity contribution in [2.24, 2.45) is 11.5 Å². The van der Waals surface area contributed by atoms with E-state index in [1.807, 2.05) is 12.1 Å². The molecule has 1 aromatic rings. The van der Waals surface area contributed by atoms with Crippen LogP contribution in [-0.4, -0.2) is 13.7 Å². The van der Waals surface area contributed by atoms with Crippen LogP contribution in [0.5, 0.6) is 5.75 Å². The molecule has 0 spiro atoms. The van der Waals surface area contributed by atoms with E-state index in [0.717, 1.165) is 5.56 Å². The van der Waals surface area contributed by atoms with Crippen LogP contribution in [0, 0.1) is 0 Å². The fraction of sp³-hybridized carbons (Fsp3) is 0.333. The van der Waals surface area contributed by atoms with E-state index in [9.17, 15) is 0 Å². The lowest BCUT2D eigenvalue weighted by Gasteiger charge is -2.15. The van der Waals surface area contributed by atoms with E-state index in [4.69, 9.17) is 27.8 Å². The molecule has 0 saturated heterocycles. The van der Waals surface area contributed by atoms with Crippen molar-refractivity contribution in [3.63, 3.8) is 0 Å². The monoisotopic (exact) mass is 200 g/mol. The fourth-order valence-corrected chi connectivity index (χ4v) is 1.48. The molecule has 0 aliphatic heterocycles. The number of halogens is 1. The second kappa shape index (κ2) is 4.46. The highest BCUT2D eigenvalue weighted by Crippen LogP contribution is 2.30. The summed E-state index contributed by atoms with van der Waals surface area (Å²) in [6.45, 7) is 0.347. The van der Waals surface area contributed by atoms with E-state index < -0.39 is 0 Å². The smallest absolute Gasteiger partial charge is 0.125 e. The summed E-state index contributed by atoms with van der Waals surface area (Å²) in [7, 11) is 1.58. The van der Waals surface area contributed by atoms with Crippen molar-refractivity contribution >= 4 is 11.6 Å². The van der Waals surface area contributed by atoms with E-state index >= 15 is 0 Å². The number of nitrogens with two attached hydrogens (primary N) is 2. The zero-order chi connectivity index (χ0) is 9.84. The van der Waals surface area contributed by atoms with Crippen molar-refractivity contribution in [3.05, 3.63) is 28.8 Å². The molecule has 0 heterocycles. The van der Waals surface area contributed by atoms with Gasteiger partial charge in [-0.15, -0.1) is 0 Å². The third-order valence-electron chi connectivity index (χ3n) is 1.86. The van der Waals surface area contributed by atoms with Gasteiger partial charge in [-0.25, -0.2) is 0 Å². The van der Waals surface area contributed by atoms with Gasteiger partial charge in [-0.3, -0.25) is 0 Å². The fourth-order valence-electron chi connectivity index (χ4n) is 1.17. The maximum Gasteiger partial charge on any atom is 0.125 e. The SMILES string of the molecule is COc1cccc(Cl)c1C(N)CN. The molecule has 4 N–H and O–H groups in total. The zero-order valence-electron chi connectivity index (χ0n) is 7.46. The van der Waals surface area contributed by atoms with Crippen molar-refractivity contribution in [3.8, 4) is 5.75 Å². The first-order valence-electron chi connectivity index (χ1n) is 3.98. The number of hydrogen-bond donors (Lipinski definition) is 2. The summed E-state index contributed by atoms with van der Waals surface area (Å²) in [6, 6.07) is 5.13. The molecule has 1 atom stereocenters. The van der Waals surface area contributed by atoms with Crippen LogP contribution in [0.3, 0.4) is 0 Å². The van der Waals surface area contributed by atoms with Crippen molar-refractivity contribution in [1.82, 2.24) is 0 Å². The van der Waals surface area contributed by atoms with Gasteiger partial charge in [0.15, 0.2) is 0 Å². The molecule has 0 bridgehead atoms. The van der Waals surface area contributed by atoms with Gasteiger partial charge in [0.25, 0.3) is 0 Å². The topological polar surface area (TPSA) is 61.3 Å². The van der Waals surface area contributed by atoms with Crippen LogP contribution in [0.25, 0.3) is 0 Å². The van der Waals surface area contributed by atoms with Crippen LogP contribution >= 0.6 is 11.6 Å². The highest BCUT2D eigenvalue weighted by Gasteiger charge is 2.13. The summed E-state index contributed by atoms with van der Waals surface area (Å²) in [5, 5.41) is 0.595. The summed E-state index contributed by atoms with van der Waals surface area (Å²) < 4.78 is 5.13. The van der Waals surface area contributed by atoms with Crippen LogP contribution in [0.2, 0.25) is 5.02 Å². The Morgan fingerprint density at radius 2 is 2.23 bits per heavy atom. The third-order valence-corrected chi connectivity index (χ3v) is 2.19. The van der Waals surface area contributed by atoms with Crippen molar-refractivity contribution in [1.29, 1.82) is 0 Å². The molecular weight excluding hydrogens is 188 g/mol. The lowest BCUT2D eigenvalue weighted by Crippen LogP contribution is -2.21. The van der Waals surface area contributed by atoms with Crippen molar-refractivity contribution in [2.45, 2.75) is 6.04 Å². The summed E-state index contributed by atoms with van der Waals surface area (Å²) in [6.07, 6.45) is 0. The molecule has 0 aliphatic carbocycles. The van der Waals surface area contributed by atoms with Gasteiger partial charge in [0, 0.05) is 23.2 Å². The normalized spacial score (nSPS) is 12.6. The quantitative estimate of drug-likeness (QED) is 0.774. The molecule has 0 amide bonds. The first kappa shape index (κ1) is 10.3. The summed E-state index contributed by atoms with van der Waals surface area (Å²) >= 11 is 5.97. The molecule has 3 nitrogen and oxygen atoms in total. The lowest BCUT2D eigenvalue weighted by molar-refractivity contribution is 0.406. The summed E-state index contributed by atoms with van der Waals surface area (Å²) in [5.41, 5.74) is 12.0. The van der Waals surface area contributed by atoms with E-state index in [1.165, 1.54) is 0 Å². The van der Waals surface area contributed by atoms with Gasteiger partial charge >= 0.3 is 0 Å². The first-order chi connectivity index (χ1) is 6.20. The molecule has 0 aromatic heterocycles. The van der Waals surface area contributed by atoms with Crippen LogP contribution in [0.4, 0.5) is 0 Å². The van der Waals surface area contributed by atoms with E-state index in [0.29, 0.717) is 17.3 Å². The molecule has 1 unspecified atom stereocenters. The Bertz CT molecular complexity index is 291. The second-order valence-electron chi connectivity index (χ2n) is 2.70. The van der Waals surface area contributed by atoms with Crippen LogP contribution < -0.4 is 16.2 Å². The Morgan fingerprint density at radius 1 is 1.54 bits per heavy atom. The number of ether oxygens (including phenoxy) is 1. The Kier molecular flexibility index (Phi) is 3.54. The van der Waals surface area contributed by atoms with Gasteiger partial charge in [0.05, 0.1) is 7.11 Å². The standard InChI is InChI=1S/C9H13ClN2O/c1-13-8-4-2-3-6(10)9(8)7(12)5-11/h2-4,7H,5,11-12H2,1H3. The lowest BCUT2D eigenvalue weighted by atomic mass is 10.1. The van der Waals surface area contributed by atoms with Gasteiger partial charge in [-0.1, -0.05) is 17.7 Å². The Hall–Kier alpha value is -0.770. The van der Waals surface area contributed by atoms with E-state index in [2.05, 4.69) is 0 Å². The van der Waals surface area contributed by atoms with E-state index in [-0.39, 0.29) is 6.04 Å². The molecule has 0 radical (unpaired) electrons. The van der Waals surface area contributed by atoms with Gasteiger partial charge in [0.2, 0.25) is 0 Å². The second-order valence-corrected chi connectivity index (χ2v) is 3.11. The Labute approximate surface area is 82.6 Å². The molecule has 4 heteroatoms. The van der Waals surface area contributed by atoms with Crippen LogP contribution in [0.1, 0.15) is 11.6 Å². The maximum absolute atomic E-state index is 5.97. The Balaban J connectivity index is 3.14. The number of methoxy groups -OCH3 is 1. The maximum atomic E-state index is 5.97. The first-order valence-corrected chi connectivity index (χ1v) is 4.36. The molecule has 1 aromatic carbocycles. The molecule has 72 valence electrons. The van der Waals surface area contributed by atoms with Crippen LogP contribution in [-0.2, 0) is 0 Å². The van der Waals surface area contributed by atoms with Gasteiger partial charge in [0.1, 0.15) is 5.75 Å². The van der Waals surface area contributed by atoms with Crippen LogP contribution in [0.15, 0.2) is 18.2 Å². The summed E-state index contributed by atoms with van der Waals surface area (Å²) in [5.74, 6) is 0.686. The highest BCUT2D eigenvalue weighted by atomic mass is 35.5. The number of benzene rings is 1. The average molecular weight is 201 g/mol. The number of rotatable bonds is 3. The minimum absolute atomic E-state index is 0.274. The molecule has 0 aliphatic rings. The molecule has 13 heavy (non-hydrogen) atoms. The predicted molar refractivity (Wildman–Crippen MR) is 54.0 cm³/mol. The van der Waals surface area contributed by atoms with Gasteiger partial charge < -0.3 is 16.2 Å². The molecule has 0 saturated carbocycles. The minimum atomic E-state index is -0.274. The van der Waals surface area contributed by atoms with E-state index in [1.54, 1.807) is 13.2 Å².